The van der Waals surface area contributed by atoms with Crippen molar-refractivity contribution in [1.82, 2.24) is 4.72 Å². The Kier molecular flexibility index (Phi) is 4.52. The molecule has 22 heavy (non-hydrogen) atoms. The van der Waals surface area contributed by atoms with E-state index in [1.165, 1.54) is 19.1 Å². The first-order valence-electron chi connectivity index (χ1n) is 6.13. The zero-order valence-corrected chi connectivity index (χ0v) is 12.1. The van der Waals surface area contributed by atoms with Crippen LogP contribution in [0.1, 0.15) is 18.5 Å². The van der Waals surface area contributed by atoms with Gasteiger partial charge >= 0.3 is 0 Å². The summed E-state index contributed by atoms with van der Waals surface area (Å²) in [5.74, 6) is -5.63. The molecule has 0 bridgehead atoms. The van der Waals surface area contributed by atoms with Crippen LogP contribution in [0.5, 0.6) is 0 Å². The van der Waals surface area contributed by atoms with Gasteiger partial charge < -0.3 is 0 Å². The van der Waals surface area contributed by atoms with Crippen LogP contribution in [0.15, 0.2) is 41.3 Å². The van der Waals surface area contributed by atoms with E-state index in [0.717, 1.165) is 12.1 Å². The minimum atomic E-state index is -4.41. The number of benzene rings is 2. The Bertz CT molecular complexity index is 791. The van der Waals surface area contributed by atoms with Gasteiger partial charge in [0.05, 0.1) is 0 Å². The SMILES string of the molecule is C[C@@H](NS(=O)(=O)c1ccc(F)c(F)c1F)c1ccc(F)cc1. The van der Waals surface area contributed by atoms with Crippen molar-refractivity contribution in [3.63, 3.8) is 0 Å². The van der Waals surface area contributed by atoms with Gasteiger partial charge in [-0.2, -0.15) is 0 Å². The molecule has 0 radical (unpaired) electrons. The van der Waals surface area contributed by atoms with Crippen molar-refractivity contribution in [2.75, 3.05) is 0 Å². The van der Waals surface area contributed by atoms with Crippen molar-refractivity contribution < 1.29 is 26.0 Å². The molecule has 2 rings (SSSR count). The fraction of sp³-hybridized carbons (Fsp3) is 0.143. The molecule has 8 heteroatoms. The highest BCUT2D eigenvalue weighted by Crippen LogP contribution is 2.22. The number of hydrogen-bond donors (Lipinski definition) is 1. The minimum absolute atomic E-state index is 0.424. The smallest absolute Gasteiger partial charge is 0.207 e. The Hall–Kier alpha value is -1.93. The third kappa shape index (κ3) is 3.28. The van der Waals surface area contributed by atoms with Crippen molar-refractivity contribution in [3.8, 4) is 0 Å². The van der Waals surface area contributed by atoms with Gasteiger partial charge in [0.15, 0.2) is 17.5 Å². The van der Waals surface area contributed by atoms with Gasteiger partial charge in [0, 0.05) is 6.04 Å². The molecular formula is C14H11F4NO2S. The van der Waals surface area contributed by atoms with Crippen LogP contribution in [0.3, 0.4) is 0 Å². The van der Waals surface area contributed by atoms with Crippen LogP contribution >= 0.6 is 0 Å². The normalized spacial score (nSPS) is 13.1. The summed E-state index contributed by atoms with van der Waals surface area (Å²) in [6.45, 7) is 1.45. The van der Waals surface area contributed by atoms with E-state index in [9.17, 15) is 26.0 Å². The van der Waals surface area contributed by atoms with E-state index >= 15 is 0 Å². The highest BCUT2D eigenvalue weighted by atomic mass is 32.2. The number of rotatable bonds is 4. The maximum atomic E-state index is 13.6. The van der Waals surface area contributed by atoms with Crippen LogP contribution < -0.4 is 4.72 Å². The summed E-state index contributed by atoms with van der Waals surface area (Å²) >= 11 is 0. The molecule has 0 fully saturated rings. The van der Waals surface area contributed by atoms with E-state index < -0.39 is 44.2 Å². The number of nitrogens with one attached hydrogen (secondary N) is 1. The quantitative estimate of drug-likeness (QED) is 0.689. The van der Waals surface area contributed by atoms with Crippen LogP contribution in [0.25, 0.3) is 0 Å². The van der Waals surface area contributed by atoms with Crippen molar-refractivity contribution in [2.45, 2.75) is 17.9 Å². The molecule has 0 saturated carbocycles. The lowest BCUT2D eigenvalue weighted by Gasteiger charge is -2.15. The van der Waals surface area contributed by atoms with Crippen molar-refractivity contribution in [3.05, 3.63) is 65.2 Å². The Morgan fingerprint density at radius 1 is 0.909 bits per heavy atom. The molecule has 0 aliphatic heterocycles. The van der Waals surface area contributed by atoms with Gasteiger partial charge in [0.25, 0.3) is 0 Å². The van der Waals surface area contributed by atoms with Gasteiger partial charge in [0.1, 0.15) is 10.7 Å². The van der Waals surface area contributed by atoms with E-state index in [2.05, 4.69) is 4.72 Å². The van der Waals surface area contributed by atoms with Crippen molar-refractivity contribution >= 4 is 10.0 Å². The molecule has 0 aliphatic carbocycles. The second-order valence-electron chi connectivity index (χ2n) is 4.57. The van der Waals surface area contributed by atoms with Crippen LogP contribution in [-0.4, -0.2) is 8.42 Å². The Balaban J connectivity index is 2.32. The Morgan fingerprint density at radius 3 is 2.09 bits per heavy atom. The maximum absolute atomic E-state index is 13.6. The zero-order valence-electron chi connectivity index (χ0n) is 11.3. The number of hydrogen-bond acceptors (Lipinski definition) is 2. The second kappa shape index (κ2) is 6.05. The van der Waals surface area contributed by atoms with Crippen molar-refractivity contribution in [1.29, 1.82) is 0 Å². The number of sulfonamides is 1. The first-order chi connectivity index (χ1) is 10.2. The predicted octanol–water partition coefficient (Wildman–Crippen LogP) is 3.28. The maximum Gasteiger partial charge on any atom is 0.244 e. The molecule has 0 aliphatic rings. The molecule has 0 heterocycles. The van der Waals surface area contributed by atoms with E-state index in [0.29, 0.717) is 17.7 Å². The third-order valence-corrected chi connectivity index (χ3v) is 4.55. The third-order valence-electron chi connectivity index (χ3n) is 2.99. The molecule has 118 valence electrons. The second-order valence-corrected chi connectivity index (χ2v) is 6.25. The zero-order chi connectivity index (χ0) is 16.5. The summed E-state index contributed by atoms with van der Waals surface area (Å²) in [4.78, 5) is -1.000. The topological polar surface area (TPSA) is 46.2 Å². The molecule has 0 saturated heterocycles. The van der Waals surface area contributed by atoms with Crippen LogP contribution in [0.4, 0.5) is 17.6 Å². The minimum Gasteiger partial charge on any atom is -0.207 e. The monoisotopic (exact) mass is 333 g/mol. The van der Waals surface area contributed by atoms with Crippen LogP contribution in [0.2, 0.25) is 0 Å². The molecule has 0 amide bonds. The largest absolute Gasteiger partial charge is 0.244 e. The summed E-state index contributed by atoms with van der Waals surface area (Å²) in [5.41, 5.74) is 0.424. The lowest BCUT2D eigenvalue weighted by Crippen LogP contribution is -2.28. The van der Waals surface area contributed by atoms with Crippen LogP contribution in [0, 0.1) is 23.3 Å². The predicted molar refractivity (Wildman–Crippen MR) is 71.5 cm³/mol. The standard InChI is InChI=1S/C14H11F4NO2S/c1-8(9-2-4-10(15)5-3-9)19-22(20,21)12-7-6-11(16)13(17)14(12)18/h2-8,19H,1H3/t8-/m1/s1. The first-order valence-corrected chi connectivity index (χ1v) is 7.62. The van der Waals surface area contributed by atoms with Gasteiger partial charge in [-0.1, -0.05) is 12.1 Å². The first kappa shape index (κ1) is 16.4. The Labute approximate surface area is 124 Å². The molecule has 0 unspecified atom stereocenters. The average Bonchev–Trinajstić information content (AvgIpc) is 2.44. The number of halogens is 4. The molecular weight excluding hydrogens is 322 g/mol. The summed E-state index contributed by atoms with van der Waals surface area (Å²) in [6.07, 6.45) is 0. The van der Waals surface area contributed by atoms with E-state index in [-0.39, 0.29) is 0 Å². The fourth-order valence-corrected chi connectivity index (χ4v) is 3.13. The molecule has 2 aromatic carbocycles. The molecule has 2 aromatic rings. The molecule has 0 aromatic heterocycles. The molecule has 1 N–H and O–H groups in total. The highest BCUT2D eigenvalue weighted by molar-refractivity contribution is 7.89. The summed E-state index contributed by atoms with van der Waals surface area (Å²) in [7, 11) is -4.41. The van der Waals surface area contributed by atoms with Gasteiger partial charge in [-0.25, -0.2) is 30.7 Å². The molecule has 3 nitrogen and oxygen atoms in total. The summed E-state index contributed by atoms with van der Waals surface area (Å²) in [5, 5.41) is 0. The summed E-state index contributed by atoms with van der Waals surface area (Å²) < 4.78 is 78.6. The molecule has 1 atom stereocenters. The van der Waals surface area contributed by atoms with E-state index in [4.69, 9.17) is 0 Å². The van der Waals surface area contributed by atoms with Gasteiger partial charge in [-0.05, 0) is 36.8 Å². The van der Waals surface area contributed by atoms with Crippen molar-refractivity contribution in [2.24, 2.45) is 0 Å². The van der Waals surface area contributed by atoms with E-state index in [1.807, 2.05) is 0 Å². The fourth-order valence-electron chi connectivity index (χ4n) is 1.83. The lowest BCUT2D eigenvalue weighted by molar-refractivity contribution is 0.431. The molecule has 0 spiro atoms. The average molecular weight is 333 g/mol. The van der Waals surface area contributed by atoms with Gasteiger partial charge in [0.2, 0.25) is 10.0 Å². The summed E-state index contributed by atoms with van der Waals surface area (Å²) in [6, 6.07) is 5.31. The van der Waals surface area contributed by atoms with Crippen LogP contribution in [-0.2, 0) is 10.0 Å². The van der Waals surface area contributed by atoms with Gasteiger partial charge in [-0.3, -0.25) is 0 Å². The lowest BCUT2D eigenvalue weighted by atomic mass is 10.1. The van der Waals surface area contributed by atoms with Gasteiger partial charge in [-0.15, -0.1) is 0 Å². The highest BCUT2D eigenvalue weighted by Gasteiger charge is 2.25. The van der Waals surface area contributed by atoms with E-state index in [1.54, 1.807) is 0 Å². The Morgan fingerprint density at radius 2 is 1.50 bits per heavy atom.